The van der Waals surface area contributed by atoms with Crippen molar-refractivity contribution in [3.8, 4) is 10.8 Å². The van der Waals surface area contributed by atoms with Gasteiger partial charge in [0.15, 0.2) is 5.16 Å². The molecular weight excluding hydrogens is 378 g/mol. The van der Waals surface area contributed by atoms with Gasteiger partial charge in [0, 0.05) is 11.8 Å². The molecule has 1 saturated carbocycles. The summed E-state index contributed by atoms with van der Waals surface area (Å²) in [4.78, 5) is 23.4. The summed E-state index contributed by atoms with van der Waals surface area (Å²) in [6.07, 6.45) is 2.08. The molecule has 3 heterocycles. The predicted octanol–water partition coefficient (Wildman–Crippen LogP) is 5.05. The van der Waals surface area contributed by atoms with E-state index in [9.17, 15) is 4.79 Å². The number of thioether (sulfide) groups is 1. The molecule has 0 N–H and O–H groups in total. The van der Waals surface area contributed by atoms with Crippen LogP contribution in [0.2, 0.25) is 0 Å². The standard InChI is InChI=1S/C20H17N3O2S2/c1-12-16(21-18(25-12)17-7-4-10-26-17)11-27-20-22-15-6-3-2-5-14(15)19(24)23(20)13-8-9-13/h2-7,10,13H,8-9,11H2,1H3. The van der Waals surface area contributed by atoms with E-state index in [2.05, 4.69) is 4.98 Å². The monoisotopic (exact) mass is 395 g/mol. The van der Waals surface area contributed by atoms with E-state index in [1.807, 2.05) is 53.3 Å². The summed E-state index contributed by atoms with van der Waals surface area (Å²) in [7, 11) is 0. The number of para-hydroxylation sites is 1. The van der Waals surface area contributed by atoms with Gasteiger partial charge in [0.25, 0.3) is 5.56 Å². The Hall–Kier alpha value is -2.38. The molecule has 0 radical (unpaired) electrons. The van der Waals surface area contributed by atoms with Gasteiger partial charge in [0.1, 0.15) is 5.76 Å². The predicted molar refractivity (Wildman–Crippen MR) is 108 cm³/mol. The van der Waals surface area contributed by atoms with Crippen LogP contribution in [0.1, 0.15) is 30.3 Å². The van der Waals surface area contributed by atoms with Gasteiger partial charge in [-0.05, 0) is 43.3 Å². The van der Waals surface area contributed by atoms with Crippen molar-refractivity contribution in [1.29, 1.82) is 0 Å². The van der Waals surface area contributed by atoms with Gasteiger partial charge in [0.05, 0.1) is 21.5 Å². The zero-order chi connectivity index (χ0) is 18.4. The van der Waals surface area contributed by atoms with Gasteiger partial charge in [0.2, 0.25) is 5.89 Å². The van der Waals surface area contributed by atoms with Crippen molar-refractivity contribution in [2.75, 3.05) is 0 Å². The van der Waals surface area contributed by atoms with Crippen LogP contribution in [-0.4, -0.2) is 14.5 Å². The Bertz CT molecular complexity index is 1170. The third-order valence-electron chi connectivity index (χ3n) is 4.65. The van der Waals surface area contributed by atoms with Crippen molar-refractivity contribution in [2.24, 2.45) is 0 Å². The second kappa shape index (κ2) is 6.65. The van der Waals surface area contributed by atoms with E-state index in [0.29, 0.717) is 17.0 Å². The fraction of sp³-hybridized carbons (Fsp3) is 0.250. The largest absolute Gasteiger partial charge is 0.440 e. The van der Waals surface area contributed by atoms with Crippen LogP contribution in [0, 0.1) is 6.92 Å². The number of hydrogen-bond donors (Lipinski definition) is 0. The van der Waals surface area contributed by atoms with Crippen molar-refractivity contribution in [2.45, 2.75) is 36.7 Å². The first kappa shape index (κ1) is 16.8. The van der Waals surface area contributed by atoms with Crippen LogP contribution in [0.25, 0.3) is 21.7 Å². The van der Waals surface area contributed by atoms with Crippen LogP contribution in [0.3, 0.4) is 0 Å². The van der Waals surface area contributed by atoms with E-state index >= 15 is 0 Å². The lowest BCUT2D eigenvalue weighted by Crippen LogP contribution is -2.22. The molecule has 5 rings (SSSR count). The summed E-state index contributed by atoms with van der Waals surface area (Å²) in [5, 5.41) is 3.46. The summed E-state index contributed by atoms with van der Waals surface area (Å²) in [5.41, 5.74) is 1.70. The Morgan fingerprint density at radius 2 is 2.07 bits per heavy atom. The van der Waals surface area contributed by atoms with Crippen LogP contribution in [0.15, 0.2) is 56.1 Å². The number of aryl methyl sites for hydroxylation is 1. The molecule has 5 nitrogen and oxygen atoms in total. The highest BCUT2D eigenvalue weighted by Gasteiger charge is 2.28. The summed E-state index contributed by atoms with van der Waals surface area (Å²) in [6.45, 7) is 1.93. The maximum absolute atomic E-state index is 12.9. The van der Waals surface area contributed by atoms with E-state index in [-0.39, 0.29) is 11.6 Å². The number of rotatable bonds is 5. The lowest BCUT2D eigenvalue weighted by molar-refractivity contribution is 0.542. The first-order valence-electron chi connectivity index (χ1n) is 8.85. The van der Waals surface area contributed by atoms with Crippen molar-refractivity contribution in [3.05, 3.63) is 63.6 Å². The molecule has 1 fully saturated rings. The Morgan fingerprint density at radius 3 is 2.85 bits per heavy atom. The zero-order valence-electron chi connectivity index (χ0n) is 14.7. The van der Waals surface area contributed by atoms with Crippen molar-refractivity contribution in [1.82, 2.24) is 14.5 Å². The third kappa shape index (κ3) is 3.11. The molecule has 0 unspecified atom stereocenters. The van der Waals surface area contributed by atoms with Gasteiger partial charge in [-0.3, -0.25) is 9.36 Å². The highest BCUT2D eigenvalue weighted by Crippen LogP contribution is 2.37. The van der Waals surface area contributed by atoms with Gasteiger partial charge in [-0.1, -0.05) is 30.0 Å². The normalized spacial score (nSPS) is 14.1. The van der Waals surface area contributed by atoms with E-state index in [0.717, 1.165) is 39.8 Å². The molecule has 0 saturated heterocycles. The lowest BCUT2D eigenvalue weighted by atomic mass is 10.2. The Balaban J connectivity index is 1.49. The maximum atomic E-state index is 12.9. The Labute approximate surface area is 164 Å². The minimum absolute atomic E-state index is 0.0572. The molecule has 1 aliphatic carbocycles. The average Bonchev–Trinajstić information content (AvgIpc) is 3.21. The van der Waals surface area contributed by atoms with Crippen LogP contribution >= 0.6 is 23.1 Å². The van der Waals surface area contributed by atoms with Crippen molar-refractivity contribution >= 4 is 34.0 Å². The van der Waals surface area contributed by atoms with Crippen molar-refractivity contribution < 1.29 is 4.42 Å². The van der Waals surface area contributed by atoms with E-state index in [1.165, 1.54) is 0 Å². The fourth-order valence-corrected chi connectivity index (χ4v) is 4.80. The van der Waals surface area contributed by atoms with Gasteiger partial charge in [-0.15, -0.1) is 11.3 Å². The number of benzene rings is 1. The van der Waals surface area contributed by atoms with E-state index < -0.39 is 0 Å². The number of oxazole rings is 1. The molecule has 136 valence electrons. The van der Waals surface area contributed by atoms with Crippen LogP contribution in [0.4, 0.5) is 0 Å². The van der Waals surface area contributed by atoms with Crippen LogP contribution < -0.4 is 5.56 Å². The molecule has 4 aromatic rings. The molecule has 0 amide bonds. The topological polar surface area (TPSA) is 60.9 Å². The average molecular weight is 396 g/mol. The molecule has 7 heteroatoms. The van der Waals surface area contributed by atoms with Crippen LogP contribution in [-0.2, 0) is 5.75 Å². The molecular formula is C20H17N3O2S2. The van der Waals surface area contributed by atoms with Gasteiger partial charge in [-0.25, -0.2) is 9.97 Å². The van der Waals surface area contributed by atoms with E-state index in [1.54, 1.807) is 23.1 Å². The van der Waals surface area contributed by atoms with Gasteiger partial charge in [-0.2, -0.15) is 0 Å². The van der Waals surface area contributed by atoms with Gasteiger partial charge < -0.3 is 4.42 Å². The highest BCUT2D eigenvalue weighted by atomic mass is 32.2. The molecule has 1 aromatic carbocycles. The molecule has 3 aromatic heterocycles. The Morgan fingerprint density at radius 1 is 1.22 bits per heavy atom. The summed E-state index contributed by atoms with van der Waals surface area (Å²) < 4.78 is 7.69. The number of hydrogen-bond acceptors (Lipinski definition) is 6. The zero-order valence-corrected chi connectivity index (χ0v) is 16.3. The van der Waals surface area contributed by atoms with Gasteiger partial charge >= 0.3 is 0 Å². The number of fused-ring (bicyclic) bond motifs is 1. The number of thiophene rings is 1. The molecule has 27 heavy (non-hydrogen) atoms. The van der Waals surface area contributed by atoms with E-state index in [4.69, 9.17) is 9.40 Å². The molecule has 0 spiro atoms. The second-order valence-corrected chi connectivity index (χ2v) is 8.50. The first-order valence-corrected chi connectivity index (χ1v) is 10.7. The molecule has 0 aliphatic heterocycles. The minimum Gasteiger partial charge on any atom is -0.440 e. The second-order valence-electron chi connectivity index (χ2n) is 6.61. The molecule has 0 bridgehead atoms. The SMILES string of the molecule is Cc1oc(-c2cccs2)nc1CSc1nc2ccccc2c(=O)n1C1CC1. The smallest absolute Gasteiger partial charge is 0.262 e. The van der Waals surface area contributed by atoms with Crippen molar-refractivity contribution in [3.63, 3.8) is 0 Å². The summed E-state index contributed by atoms with van der Waals surface area (Å²) in [5.74, 6) is 2.09. The molecule has 1 aliphatic rings. The minimum atomic E-state index is 0.0572. The first-order chi connectivity index (χ1) is 13.2. The van der Waals surface area contributed by atoms with Crippen LogP contribution in [0.5, 0.6) is 0 Å². The Kier molecular flexibility index (Phi) is 4.13. The highest BCUT2D eigenvalue weighted by molar-refractivity contribution is 7.98. The summed E-state index contributed by atoms with van der Waals surface area (Å²) in [6, 6.07) is 11.8. The quantitative estimate of drug-likeness (QED) is 0.350. The summed E-state index contributed by atoms with van der Waals surface area (Å²) >= 11 is 3.16. The maximum Gasteiger partial charge on any atom is 0.262 e. The third-order valence-corrected chi connectivity index (χ3v) is 6.47. The molecule has 0 atom stereocenters. The number of nitrogens with zero attached hydrogens (tertiary/aromatic N) is 3. The number of aromatic nitrogens is 3. The fourth-order valence-electron chi connectivity index (χ4n) is 3.08. The lowest BCUT2D eigenvalue weighted by Gasteiger charge is -2.11.